The van der Waals surface area contributed by atoms with E-state index in [0.717, 1.165) is 45.5 Å². The van der Waals surface area contributed by atoms with Gasteiger partial charge >= 0.3 is 0 Å². The van der Waals surface area contributed by atoms with Gasteiger partial charge in [-0.25, -0.2) is 9.99 Å². The van der Waals surface area contributed by atoms with Gasteiger partial charge < -0.3 is 20.5 Å². The summed E-state index contributed by atoms with van der Waals surface area (Å²) in [6.07, 6.45) is 7.93. The molecule has 32 heavy (non-hydrogen) atoms. The summed E-state index contributed by atoms with van der Waals surface area (Å²) < 4.78 is 0. The van der Waals surface area contributed by atoms with Crippen molar-refractivity contribution in [3.05, 3.63) is 78.0 Å². The number of hydrazone groups is 1. The second-order valence-corrected chi connectivity index (χ2v) is 8.05. The summed E-state index contributed by atoms with van der Waals surface area (Å²) in [4.78, 5) is 15.2. The van der Waals surface area contributed by atoms with Crippen molar-refractivity contribution in [2.24, 2.45) is 5.10 Å². The van der Waals surface area contributed by atoms with Crippen LogP contribution in [0.15, 0.2) is 65.9 Å². The zero-order chi connectivity index (χ0) is 22.1. The van der Waals surface area contributed by atoms with E-state index in [1.165, 1.54) is 0 Å². The predicted molar refractivity (Wildman–Crippen MR) is 129 cm³/mol. The van der Waals surface area contributed by atoms with Crippen molar-refractivity contribution in [1.82, 2.24) is 25.3 Å². The maximum atomic E-state index is 4.94. The van der Waals surface area contributed by atoms with Crippen LogP contribution >= 0.6 is 0 Å². The van der Waals surface area contributed by atoms with E-state index in [0.29, 0.717) is 6.54 Å². The minimum Gasteiger partial charge on any atom is -0.378 e. The quantitative estimate of drug-likeness (QED) is 0.559. The van der Waals surface area contributed by atoms with Gasteiger partial charge in [-0.2, -0.15) is 5.10 Å². The lowest BCUT2D eigenvalue weighted by atomic mass is 10.1. The minimum absolute atomic E-state index is 0.0587. The standard InChI is InChI=1S/C24H26N8/c1-16-6-4-9-20(28-16)24-23(17-10-11-22-26-15-27-32(22)14-17)29-21(30-24)13-25-18-7-5-8-19(12-18)31(2)3/h4-12,14-15,22,25H,13H2,1-3H3,(H,26,27)(H,29,30). The molecule has 0 bridgehead atoms. The Morgan fingerprint density at radius 1 is 1.12 bits per heavy atom. The van der Waals surface area contributed by atoms with Gasteiger partial charge in [-0.05, 0) is 43.3 Å². The Labute approximate surface area is 187 Å². The molecule has 2 aliphatic rings. The second-order valence-electron chi connectivity index (χ2n) is 8.05. The number of allylic oxidation sites excluding steroid dienone is 2. The Morgan fingerprint density at radius 2 is 2.00 bits per heavy atom. The molecule has 1 aromatic carbocycles. The van der Waals surface area contributed by atoms with Crippen LogP contribution in [0.4, 0.5) is 11.4 Å². The Hall–Kier alpha value is -4.07. The molecule has 0 spiro atoms. The van der Waals surface area contributed by atoms with Gasteiger partial charge in [0.05, 0.1) is 23.6 Å². The molecule has 3 aromatic rings. The summed E-state index contributed by atoms with van der Waals surface area (Å²) in [5, 5.41) is 12.9. The Kier molecular flexibility index (Phi) is 5.10. The molecule has 1 atom stereocenters. The van der Waals surface area contributed by atoms with E-state index in [9.17, 15) is 0 Å². The van der Waals surface area contributed by atoms with Crippen molar-refractivity contribution >= 4 is 23.3 Å². The summed E-state index contributed by atoms with van der Waals surface area (Å²) in [7, 11) is 4.07. The number of benzene rings is 1. The number of imidazole rings is 1. The molecule has 5 rings (SSSR count). The highest BCUT2D eigenvalue weighted by molar-refractivity contribution is 5.82. The molecule has 2 aromatic heterocycles. The molecular formula is C24H26N8. The van der Waals surface area contributed by atoms with Crippen LogP contribution in [0.2, 0.25) is 0 Å². The Morgan fingerprint density at radius 3 is 2.84 bits per heavy atom. The summed E-state index contributed by atoms with van der Waals surface area (Å²) in [5.74, 6) is 0.841. The van der Waals surface area contributed by atoms with Crippen LogP contribution in [0, 0.1) is 6.92 Å². The lowest BCUT2D eigenvalue weighted by molar-refractivity contribution is 0.351. The number of anilines is 2. The van der Waals surface area contributed by atoms with Crippen LogP contribution in [-0.2, 0) is 6.54 Å². The number of aromatic nitrogens is 3. The fourth-order valence-corrected chi connectivity index (χ4v) is 3.76. The average molecular weight is 427 g/mol. The third-order valence-corrected chi connectivity index (χ3v) is 5.44. The zero-order valence-corrected chi connectivity index (χ0v) is 18.4. The number of fused-ring (bicyclic) bond motifs is 1. The van der Waals surface area contributed by atoms with Crippen molar-refractivity contribution < 1.29 is 0 Å². The highest BCUT2D eigenvalue weighted by atomic mass is 15.6. The number of hydrogen-bond acceptors (Lipinski definition) is 7. The molecule has 8 nitrogen and oxygen atoms in total. The first-order valence-corrected chi connectivity index (χ1v) is 10.6. The maximum absolute atomic E-state index is 4.94. The predicted octanol–water partition coefficient (Wildman–Crippen LogP) is 3.54. The SMILES string of the molecule is Cc1cccc(-c2[nH]c(CNc3cccc(N(C)C)c3)nc2C2=CN3N=CNC3C=C2)n1. The summed E-state index contributed by atoms with van der Waals surface area (Å²) in [5.41, 5.74) is 6.76. The van der Waals surface area contributed by atoms with Crippen molar-refractivity contribution in [2.45, 2.75) is 19.6 Å². The Bertz CT molecular complexity index is 1220. The minimum atomic E-state index is 0.0587. The monoisotopic (exact) mass is 426 g/mol. The molecule has 0 amide bonds. The van der Waals surface area contributed by atoms with Gasteiger partial charge in [-0.1, -0.05) is 18.2 Å². The van der Waals surface area contributed by atoms with Crippen molar-refractivity contribution in [2.75, 3.05) is 24.3 Å². The van der Waals surface area contributed by atoms with Crippen LogP contribution in [0.3, 0.4) is 0 Å². The third-order valence-electron chi connectivity index (χ3n) is 5.44. The molecule has 162 valence electrons. The molecule has 0 fully saturated rings. The van der Waals surface area contributed by atoms with E-state index in [4.69, 9.17) is 9.97 Å². The van der Waals surface area contributed by atoms with Crippen LogP contribution in [0.25, 0.3) is 17.0 Å². The van der Waals surface area contributed by atoms with Gasteiger partial charge in [0.15, 0.2) is 0 Å². The fraction of sp³-hybridized carbons (Fsp3) is 0.208. The number of nitrogens with zero attached hydrogens (tertiary/aromatic N) is 5. The Balaban J connectivity index is 1.47. The summed E-state index contributed by atoms with van der Waals surface area (Å²) >= 11 is 0. The lowest BCUT2D eigenvalue weighted by Crippen LogP contribution is -2.32. The van der Waals surface area contributed by atoms with E-state index in [2.05, 4.69) is 56.0 Å². The van der Waals surface area contributed by atoms with Gasteiger partial charge in [0.1, 0.15) is 18.3 Å². The van der Waals surface area contributed by atoms with E-state index in [1.807, 2.05) is 56.5 Å². The first kappa shape index (κ1) is 19.9. The lowest BCUT2D eigenvalue weighted by Gasteiger charge is -2.21. The van der Waals surface area contributed by atoms with Gasteiger partial charge in [0, 0.05) is 42.9 Å². The first-order chi connectivity index (χ1) is 15.6. The molecule has 2 aliphatic heterocycles. The van der Waals surface area contributed by atoms with Crippen molar-refractivity contribution in [3.63, 3.8) is 0 Å². The van der Waals surface area contributed by atoms with Gasteiger partial charge in [-0.15, -0.1) is 0 Å². The second kappa shape index (κ2) is 8.22. The van der Waals surface area contributed by atoms with Crippen LogP contribution in [-0.4, -0.2) is 46.6 Å². The number of hydrogen-bond donors (Lipinski definition) is 3. The first-order valence-electron chi connectivity index (χ1n) is 10.6. The molecule has 0 radical (unpaired) electrons. The highest BCUT2D eigenvalue weighted by Gasteiger charge is 2.23. The summed E-state index contributed by atoms with van der Waals surface area (Å²) in [6.45, 7) is 2.56. The van der Waals surface area contributed by atoms with E-state index in [-0.39, 0.29) is 6.17 Å². The maximum Gasteiger partial charge on any atom is 0.140 e. The number of aromatic amines is 1. The van der Waals surface area contributed by atoms with Gasteiger partial charge in [0.2, 0.25) is 0 Å². The number of H-pyrrole nitrogens is 1. The number of aryl methyl sites for hydroxylation is 1. The number of rotatable bonds is 6. The molecule has 0 saturated heterocycles. The molecule has 0 aliphatic carbocycles. The number of nitrogens with one attached hydrogen (secondary N) is 3. The molecule has 3 N–H and O–H groups in total. The van der Waals surface area contributed by atoms with Crippen molar-refractivity contribution in [3.8, 4) is 11.4 Å². The van der Waals surface area contributed by atoms with Gasteiger partial charge in [0.25, 0.3) is 0 Å². The zero-order valence-electron chi connectivity index (χ0n) is 18.4. The topological polar surface area (TPSA) is 84.5 Å². The van der Waals surface area contributed by atoms with Crippen LogP contribution in [0.1, 0.15) is 17.2 Å². The summed E-state index contributed by atoms with van der Waals surface area (Å²) in [6, 6.07) is 14.3. The smallest absolute Gasteiger partial charge is 0.140 e. The van der Waals surface area contributed by atoms with Crippen LogP contribution < -0.4 is 15.5 Å². The van der Waals surface area contributed by atoms with E-state index in [1.54, 1.807) is 6.34 Å². The molecule has 0 saturated carbocycles. The van der Waals surface area contributed by atoms with Gasteiger partial charge in [-0.3, -0.25) is 4.98 Å². The normalized spacial score (nSPS) is 16.5. The molecule has 4 heterocycles. The van der Waals surface area contributed by atoms with Crippen LogP contribution in [0.5, 0.6) is 0 Å². The highest BCUT2D eigenvalue weighted by Crippen LogP contribution is 2.30. The molecular weight excluding hydrogens is 400 g/mol. The van der Waals surface area contributed by atoms with E-state index < -0.39 is 0 Å². The van der Waals surface area contributed by atoms with E-state index >= 15 is 0 Å². The number of pyridine rings is 1. The molecule has 1 unspecified atom stereocenters. The third kappa shape index (κ3) is 3.94. The van der Waals surface area contributed by atoms with Crippen molar-refractivity contribution in [1.29, 1.82) is 0 Å². The molecule has 8 heteroatoms. The fourth-order valence-electron chi connectivity index (χ4n) is 3.76. The largest absolute Gasteiger partial charge is 0.378 e. The average Bonchev–Trinajstić information content (AvgIpc) is 3.44.